The number of aromatic nitrogens is 13. The molecular formula is C115H76Cl4N14O8+2. The van der Waals surface area contributed by atoms with Crippen molar-refractivity contribution >= 4 is 152 Å². The van der Waals surface area contributed by atoms with Gasteiger partial charge in [-0.2, -0.15) is 0 Å². The first-order chi connectivity index (χ1) is 68.1. The van der Waals surface area contributed by atoms with E-state index in [1.807, 2.05) is 286 Å². The van der Waals surface area contributed by atoms with Crippen molar-refractivity contribution in [2.24, 2.45) is 4.99 Å². The average molecular weight is 1920 g/mol. The topological polar surface area (TPSA) is 275 Å². The molecule has 0 spiro atoms. The number of fused-ring (bicyclic) bond motifs is 12. The zero-order chi connectivity index (χ0) is 94.7. The van der Waals surface area contributed by atoms with E-state index in [4.69, 9.17) is 43.1 Å². The number of para-hydroxylation sites is 7. The van der Waals surface area contributed by atoms with Crippen LogP contribution in [0.1, 0.15) is 141 Å². The van der Waals surface area contributed by atoms with E-state index in [0.717, 1.165) is 116 Å². The maximum atomic E-state index is 13.7. The van der Waals surface area contributed by atoms with Crippen LogP contribution in [0, 0.1) is 12.2 Å². The van der Waals surface area contributed by atoms with Gasteiger partial charge in [-0.1, -0.05) is 218 Å². The molecule has 26 heteroatoms. The summed E-state index contributed by atoms with van der Waals surface area (Å²) < 4.78 is 9.07. The fourth-order valence-corrected chi connectivity index (χ4v) is 18.2. The van der Waals surface area contributed by atoms with Crippen molar-refractivity contribution in [1.29, 1.82) is 0 Å². The van der Waals surface area contributed by atoms with Gasteiger partial charge in [0, 0.05) is 90.3 Å². The van der Waals surface area contributed by atoms with Crippen LogP contribution in [-0.2, 0) is 44.5 Å². The van der Waals surface area contributed by atoms with Crippen LogP contribution in [-0.4, -0.2) is 106 Å². The molecule has 6 aliphatic carbocycles. The van der Waals surface area contributed by atoms with E-state index in [0.29, 0.717) is 135 Å². The van der Waals surface area contributed by atoms with Gasteiger partial charge in [0.15, 0.2) is 5.78 Å². The maximum absolute atomic E-state index is 13.7. The minimum atomic E-state index is -0.208. The van der Waals surface area contributed by atoms with Crippen LogP contribution in [0.4, 0.5) is 0 Å². The normalized spacial score (nSPS) is 13.6. The molecule has 10 aromatic heterocycles. The average Bonchev–Trinajstić information content (AvgIpc) is 1.58. The molecule has 141 heavy (non-hydrogen) atoms. The van der Waals surface area contributed by atoms with Crippen LogP contribution in [0.15, 0.2) is 397 Å². The fourth-order valence-electron chi connectivity index (χ4n) is 17.9. The third kappa shape index (κ3) is 18.6. The highest BCUT2D eigenvalue weighted by atomic mass is 35.5. The molecule has 0 unspecified atom stereocenters. The minimum Gasteiger partial charge on any atom is -1.00 e. The van der Waals surface area contributed by atoms with Crippen molar-refractivity contribution in [3.05, 3.63) is 501 Å². The lowest BCUT2D eigenvalue weighted by Gasteiger charge is -2.15. The summed E-state index contributed by atoms with van der Waals surface area (Å²) in [5, 5.41) is 7.58. The van der Waals surface area contributed by atoms with Gasteiger partial charge < -0.3 is 29.4 Å². The van der Waals surface area contributed by atoms with Crippen molar-refractivity contribution in [1.82, 2.24) is 53.6 Å². The Bertz CT molecular complexity index is 8100. The maximum Gasteiger partial charge on any atom is 0.293 e. The molecular weight excluding hydrogens is 1850 g/mol. The second-order valence-corrected chi connectivity index (χ2v) is 34.0. The van der Waals surface area contributed by atoms with E-state index in [9.17, 15) is 38.4 Å². The van der Waals surface area contributed by atoms with Gasteiger partial charge in [0.05, 0.1) is 115 Å². The number of carbonyl (C=O) groups is 8. The van der Waals surface area contributed by atoms with Gasteiger partial charge in [-0.25, -0.2) is 43.2 Å². The van der Waals surface area contributed by atoms with E-state index in [1.54, 1.807) is 102 Å². The van der Waals surface area contributed by atoms with Gasteiger partial charge in [-0.15, -0.1) is 23.2 Å². The van der Waals surface area contributed by atoms with E-state index in [-0.39, 0.29) is 76.8 Å². The summed E-state index contributed by atoms with van der Waals surface area (Å²) in [5.41, 5.74) is 18.6. The predicted molar refractivity (Wildman–Crippen MR) is 532 cm³/mol. The number of hydrogen-bond acceptors (Lipinski definition) is 17. The quantitative estimate of drug-likeness (QED) is 0.0624. The first-order valence-electron chi connectivity index (χ1n) is 44.8. The highest BCUT2D eigenvalue weighted by Crippen LogP contribution is 2.36. The number of ketones is 8. The molecule has 11 heterocycles. The van der Waals surface area contributed by atoms with Gasteiger partial charge in [0.1, 0.15) is 89.9 Å². The number of alkyl halides is 2. The smallest absolute Gasteiger partial charge is 0.293 e. The Hall–Kier alpha value is -17.3. The molecule has 0 fully saturated rings. The van der Waals surface area contributed by atoms with Crippen LogP contribution in [0.5, 0.6) is 0 Å². The SMILES string of the molecule is ClCc1ccc2ccccc2n1.ClCc1ccc2ccccc2n1.O=C1C2=C(C=[C+]C=C2)C(=O)c2c1n(Cc1ccc3ccccc3n1)c[n+]2Cc1ccc2ccccc2n1.O=C1C2=C(C=[C+]C=C2)C(=O)c2c1n(Cc1ccc3ccccc3n1)c[n+]2Cc1ccc2ccccc2n1.O=C1C2=C(N=CC2)C(=O)c2ccccc21.O=C1c2ccccc2C(=O)c2c1ncn2Cc1ccc2ccccc2n1.[Cl-].[Cl-]. The molecule has 19 aromatic rings. The van der Waals surface area contributed by atoms with Gasteiger partial charge in [0.25, 0.3) is 23.1 Å². The standard InChI is InChI=1S/2C31H20N4O2.C21H13N3O2.C12H7NO2.2C10H8ClN.2ClH/c2*36-30-24-9-3-4-10-25(24)31(37)29-28(30)34(17-22-15-13-20-7-1-5-11-26(20)32-22)19-35(29)18-23-16-14-21-8-2-6-12-27(21)33-23;25-20-15-6-2-3-7-16(15)21(26)19-18(20)22-12-24(19)11-14-10-9-13-5-1-4-8-17(13)23-14;14-11-7-3-1-2-4-8(7)12(15)10-9(11)5-6-13-10;2*11-7-9-6-5-8-3-1-2-4-10(8)12-9;;/h2*1-3,5-16,19H,17-18H2;1-10,12H,11H2;1-4,6H,5H2;2*1-6H,7H2;2*1H/q2*+2;;;;;;/p-2. The molecule has 0 N–H and O–H groups in total. The molecule has 26 rings (SSSR count). The summed E-state index contributed by atoms with van der Waals surface area (Å²) in [6.07, 6.45) is 23.1. The predicted octanol–water partition coefficient (Wildman–Crippen LogP) is 14.2. The van der Waals surface area contributed by atoms with Crippen LogP contribution in [0.3, 0.4) is 0 Å². The summed E-state index contributed by atoms with van der Waals surface area (Å²) in [7, 11) is 0. The zero-order valence-corrected chi connectivity index (χ0v) is 77.9. The first kappa shape index (κ1) is 92.7. The van der Waals surface area contributed by atoms with Crippen LogP contribution >= 0.6 is 23.2 Å². The third-order valence-electron chi connectivity index (χ3n) is 24.6. The van der Waals surface area contributed by atoms with Gasteiger partial charge in [-0.05, 0) is 84.9 Å². The number of halogens is 4. The van der Waals surface area contributed by atoms with Gasteiger partial charge in [0.2, 0.25) is 52.8 Å². The van der Waals surface area contributed by atoms with E-state index < -0.39 is 0 Å². The summed E-state index contributed by atoms with van der Waals surface area (Å²) in [6.45, 7) is 1.82. The number of carbonyl (C=O) groups excluding carboxylic acids is 8. The Labute approximate surface area is 828 Å². The molecule has 0 radical (unpaired) electrons. The van der Waals surface area contributed by atoms with Crippen molar-refractivity contribution in [3.63, 3.8) is 0 Å². The second-order valence-electron chi connectivity index (χ2n) is 33.5. The Morgan fingerprint density at radius 3 is 0.972 bits per heavy atom. The Balaban J connectivity index is 0.000000113. The summed E-state index contributed by atoms with van der Waals surface area (Å²) in [4.78, 5) is 145. The van der Waals surface area contributed by atoms with Gasteiger partial charge in [-0.3, -0.25) is 58.3 Å². The van der Waals surface area contributed by atoms with E-state index >= 15 is 0 Å². The molecule has 0 saturated carbocycles. The van der Waals surface area contributed by atoms with E-state index in [2.05, 4.69) is 37.1 Å². The molecule has 9 aromatic carbocycles. The Kier molecular flexibility index (Phi) is 26.7. The van der Waals surface area contributed by atoms with Crippen molar-refractivity contribution in [2.75, 3.05) is 0 Å². The number of benzene rings is 9. The number of nitrogens with zero attached hydrogens (tertiary/aromatic N) is 14. The number of hydrogen-bond donors (Lipinski definition) is 0. The lowest BCUT2D eigenvalue weighted by molar-refractivity contribution is -0.690. The molecule has 7 aliphatic rings. The molecule has 0 amide bonds. The third-order valence-corrected chi connectivity index (χ3v) is 25.2. The van der Waals surface area contributed by atoms with Crippen LogP contribution in [0.2, 0.25) is 0 Å². The summed E-state index contributed by atoms with van der Waals surface area (Å²) in [6, 6.07) is 97.2. The number of aliphatic imine (C=N–C) groups is 1. The molecule has 0 bridgehead atoms. The molecule has 680 valence electrons. The molecule has 22 nitrogen and oxygen atoms in total. The Morgan fingerprint density at radius 1 is 0.298 bits per heavy atom. The van der Waals surface area contributed by atoms with Crippen molar-refractivity contribution < 1.29 is 72.3 Å². The van der Waals surface area contributed by atoms with Crippen molar-refractivity contribution in [3.8, 4) is 0 Å². The lowest BCUT2D eigenvalue weighted by Crippen LogP contribution is -3.00. The summed E-state index contributed by atoms with van der Waals surface area (Å²) >= 11 is 11.3. The molecule has 0 atom stereocenters. The lowest BCUT2D eigenvalue weighted by atomic mass is 9.87. The van der Waals surface area contributed by atoms with Crippen molar-refractivity contribution in [2.45, 2.75) is 50.9 Å². The highest BCUT2D eigenvalue weighted by Gasteiger charge is 2.48. The number of Topliss-reactive ketones (excluding diaryl/α,β-unsaturated/α-hetero) is 6. The van der Waals surface area contributed by atoms with Crippen LogP contribution < -0.4 is 33.9 Å². The van der Waals surface area contributed by atoms with Crippen LogP contribution in [0.25, 0.3) is 76.3 Å². The van der Waals surface area contributed by atoms with E-state index in [1.165, 1.54) is 0 Å². The zero-order valence-electron chi connectivity index (χ0n) is 74.8. The number of imidazole rings is 3. The number of pyridine rings is 7. The number of allylic oxidation sites excluding steroid dienone is 14. The fraction of sp³-hybridized carbons (Fsp3) is 0.0696. The van der Waals surface area contributed by atoms with Gasteiger partial charge >= 0.3 is 0 Å². The highest BCUT2D eigenvalue weighted by molar-refractivity contribution is 6.31. The molecule has 0 saturated heterocycles. The monoisotopic (exact) mass is 1920 g/mol. The summed E-state index contributed by atoms with van der Waals surface area (Å²) in [5.74, 6) is -0.343. The Morgan fingerprint density at radius 2 is 0.603 bits per heavy atom. The largest absolute Gasteiger partial charge is 1.00 e. The molecule has 1 aliphatic heterocycles. The number of rotatable bonds is 12. The second kappa shape index (κ2) is 40.5. The minimum absolute atomic E-state index is 0. The first-order valence-corrected chi connectivity index (χ1v) is 45.9.